The Morgan fingerprint density at radius 3 is 2.49 bits per heavy atom. The molecule has 5 rings (SSSR count). The molecule has 184 valence electrons. The predicted molar refractivity (Wildman–Crippen MR) is 140 cm³/mol. The van der Waals surface area contributed by atoms with Gasteiger partial charge in [0.1, 0.15) is 17.5 Å². The minimum absolute atomic E-state index is 0.00620. The number of piperazine rings is 1. The van der Waals surface area contributed by atoms with Crippen molar-refractivity contribution in [3.63, 3.8) is 0 Å². The molecule has 1 aromatic carbocycles. The number of hydrogen-bond acceptors (Lipinski definition) is 7. The van der Waals surface area contributed by atoms with Crippen molar-refractivity contribution in [2.24, 2.45) is 7.05 Å². The highest BCUT2D eigenvalue weighted by molar-refractivity contribution is 6.01. The minimum Gasteiger partial charge on any atom is -0.478 e. The first kappa shape index (κ1) is 23.3. The van der Waals surface area contributed by atoms with Crippen LogP contribution in [0.3, 0.4) is 0 Å². The highest BCUT2D eigenvalue weighted by atomic mass is 16.5. The van der Waals surface area contributed by atoms with Gasteiger partial charge in [0.05, 0.1) is 12.1 Å². The van der Waals surface area contributed by atoms with Crippen molar-refractivity contribution in [1.29, 1.82) is 0 Å². The lowest BCUT2D eigenvalue weighted by atomic mass is 10.0. The molecule has 0 bridgehead atoms. The number of pyridine rings is 1. The number of likely N-dealkylation sites (N-methyl/N-ethyl adjacent to an activating group) is 1. The summed E-state index contributed by atoms with van der Waals surface area (Å²) in [5, 5.41) is 0.959. The molecule has 4 aromatic rings. The number of nitrogens with zero attached hydrogens (tertiary/aromatic N) is 7. The summed E-state index contributed by atoms with van der Waals surface area (Å²) in [5.74, 6) is 0.629. The van der Waals surface area contributed by atoms with E-state index in [0.717, 1.165) is 72.4 Å². The Morgan fingerprint density at radius 2 is 1.77 bits per heavy atom. The van der Waals surface area contributed by atoms with Crippen LogP contribution in [0.2, 0.25) is 0 Å². The Labute approximate surface area is 205 Å². The van der Waals surface area contributed by atoms with E-state index >= 15 is 0 Å². The van der Waals surface area contributed by atoms with Crippen LogP contribution in [0.15, 0.2) is 47.7 Å². The summed E-state index contributed by atoms with van der Waals surface area (Å²) in [4.78, 5) is 29.1. The van der Waals surface area contributed by atoms with Crippen molar-refractivity contribution in [3.05, 3.63) is 53.2 Å². The third-order valence-electron chi connectivity index (χ3n) is 6.72. The Morgan fingerprint density at radius 1 is 1.00 bits per heavy atom. The fourth-order valence-corrected chi connectivity index (χ4v) is 4.64. The van der Waals surface area contributed by atoms with Gasteiger partial charge in [0.15, 0.2) is 0 Å². The van der Waals surface area contributed by atoms with Crippen LogP contribution in [0.4, 0.5) is 5.69 Å². The normalized spacial score (nSPS) is 14.9. The van der Waals surface area contributed by atoms with Gasteiger partial charge in [-0.15, -0.1) is 0 Å². The molecule has 1 saturated heterocycles. The summed E-state index contributed by atoms with van der Waals surface area (Å²) < 4.78 is 9.30. The maximum absolute atomic E-state index is 13.3. The summed E-state index contributed by atoms with van der Waals surface area (Å²) >= 11 is 0. The Balaban J connectivity index is 1.50. The molecular weight excluding hydrogens is 442 g/mol. The molecular formula is C26H33N7O2. The maximum atomic E-state index is 13.3. The number of aryl methyl sites for hydroxylation is 1. The van der Waals surface area contributed by atoms with Gasteiger partial charge in [-0.3, -0.25) is 4.79 Å². The number of anilines is 1. The van der Waals surface area contributed by atoms with Crippen LogP contribution in [0.5, 0.6) is 5.88 Å². The lowest BCUT2D eigenvalue weighted by Gasteiger charge is -2.33. The van der Waals surface area contributed by atoms with Gasteiger partial charge in [-0.05, 0) is 51.3 Å². The van der Waals surface area contributed by atoms with Crippen molar-refractivity contribution >= 4 is 22.1 Å². The zero-order chi connectivity index (χ0) is 24.5. The molecule has 1 aliphatic rings. The molecule has 9 heteroatoms. The van der Waals surface area contributed by atoms with Gasteiger partial charge in [-0.2, -0.15) is 0 Å². The molecule has 0 aliphatic carbocycles. The first-order valence-corrected chi connectivity index (χ1v) is 12.1. The highest BCUT2D eigenvalue weighted by Crippen LogP contribution is 2.30. The van der Waals surface area contributed by atoms with Crippen LogP contribution in [-0.4, -0.2) is 89.4 Å². The lowest BCUT2D eigenvalue weighted by Crippen LogP contribution is -2.46. The van der Waals surface area contributed by atoms with E-state index < -0.39 is 0 Å². The second-order valence-electron chi connectivity index (χ2n) is 9.53. The first-order chi connectivity index (χ1) is 16.9. The quantitative estimate of drug-likeness (QED) is 0.380. The molecule has 0 saturated carbocycles. The molecule has 0 spiro atoms. The van der Waals surface area contributed by atoms with Crippen LogP contribution < -0.4 is 15.2 Å². The van der Waals surface area contributed by atoms with E-state index in [4.69, 9.17) is 4.74 Å². The molecule has 0 amide bonds. The Bertz CT molecular complexity index is 1380. The van der Waals surface area contributed by atoms with Gasteiger partial charge in [0.25, 0.3) is 5.56 Å². The standard InChI is InChI=1S/C26H33N7O2/c1-29(2)10-5-15-35-23-9-7-20(17-27-23)19-6-8-22-21(16-19)24-25(32-13-11-30(3)12-14-32)26(34)31(4)33(24)18-28-22/h6-9,16-18H,5,10-15H2,1-4H3. The van der Waals surface area contributed by atoms with Crippen molar-refractivity contribution in [1.82, 2.24) is 29.0 Å². The fraction of sp³-hybridized carbons (Fsp3) is 0.423. The Hall–Kier alpha value is -3.43. The highest BCUT2D eigenvalue weighted by Gasteiger charge is 2.24. The second-order valence-corrected chi connectivity index (χ2v) is 9.53. The number of aromatic nitrogens is 4. The number of fused-ring (bicyclic) bond motifs is 3. The van der Waals surface area contributed by atoms with Crippen LogP contribution in [0.1, 0.15) is 6.42 Å². The smallest absolute Gasteiger partial charge is 0.291 e. The molecule has 0 N–H and O–H groups in total. The van der Waals surface area contributed by atoms with Gasteiger partial charge >= 0.3 is 0 Å². The summed E-state index contributed by atoms with van der Waals surface area (Å²) in [5.41, 5.74) is 4.55. The van der Waals surface area contributed by atoms with E-state index in [9.17, 15) is 4.79 Å². The van der Waals surface area contributed by atoms with E-state index in [1.807, 2.05) is 28.9 Å². The van der Waals surface area contributed by atoms with Crippen molar-refractivity contribution in [2.45, 2.75) is 6.42 Å². The van der Waals surface area contributed by atoms with Gasteiger partial charge in [0.2, 0.25) is 5.88 Å². The third-order valence-corrected chi connectivity index (χ3v) is 6.72. The number of rotatable bonds is 7. The van der Waals surface area contributed by atoms with E-state index in [1.54, 1.807) is 18.1 Å². The van der Waals surface area contributed by atoms with E-state index in [0.29, 0.717) is 12.5 Å². The molecule has 0 radical (unpaired) electrons. The number of ether oxygens (including phenoxy) is 1. The van der Waals surface area contributed by atoms with Crippen molar-refractivity contribution in [2.75, 3.05) is 65.4 Å². The average Bonchev–Trinajstić information content (AvgIpc) is 3.12. The van der Waals surface area contributed by atoms with Gasteiger partial charge < -0.3 is 19.4 Å². The van der Waals surface area contributed by atoms with Crippen LogP contribution in [-0.2, 0) is 7.05 Å². The van der Waals surface area contributed by atoms with Crippen LogP contribution in [0, 0.1) is 0 Å². The average molecular weight is 476 g/mol. The van der Waals surface area contributed by atoms with Crippen molar-refractivity contribution in [3.8, 4) is 17.0 Å². The predicted octanol–water partition coefficient (Wildman–Crippen LogP) is 2.33. The summed E-state index contributed by atoms with van der Waals surface area (Å²) in [6.45, 7) is 5.15. The van der Waals surface area contributed by atoms with Gasteiger partial charge in [-0.1, -0.05) is 6.07 Å². The number of benzene rings is 1. The molecule has 1 aliphatic heterocycles. The Kier molecular flexibility index (Phi) is 6.44. The summed E-state index contributed by atoms with van der Waals surface area (Å²) in [6, 6.07) is 10.1. The van der Waals surface area contributed by atoms with E-state index in [-0.39, 0.29) is 5.56 Å². The molecule has 0 atom stereocenters. The van der Waals surface area contributed by atoms with E-state index in [2.05, 4.69) is 57.9 Å². The second kappa shape index (κ2) is 9.67. The molecule has 1 fully saturated rings. The van der Waals surface area contributed by atoms with Crippen molar-refractivity contribution < 1.29 is 4.74 Å². The third kappa shape index (κ3) is 4.61. The molecule has 3 aromatic heterocycles. The molecule has 35 heavy (non-hydrogen) atoms. The lowest BCUT2D eigenvalue weighted by molar-refractivity contribution is 0.273. The van der Waals surface area contributed by atoms with Crippen LogP contribution >= 0.6 is 0 Å². The summed E-state index contributed by atoms with van der Waals surface area (Å²) in [7, 11) is 8.03. The zero-order valence-corrected chi connectivity index (χ0v) is 20.9. The molecule has 9 nitrogen and oxygen atoms in total. The first-order valence-electron chi connectivity index (χ1n) is 12.1. The largest absolute Gasteiger partial charge is 0.478 e. The summed E-state index contributed by atoms with van der Waals surface area (Å²) in [6.07, 6.45) is 4.53. The monoisotopic (exact) mass is 475 g/mol. The fourth-order valence-electron chi connectivity index (χ4n) is 4.64. The topological polar surface area (TPSA) is 71.1 Å². The zero-order valence-electron chi connectivity index (χ0n) is 20.9. The molecule has 0 unspecified atom stereocenters. The van der Waals surface area contributed by atoms with Gasteiger partial charge in [-0.25, -0.2) is 19.2 Å². The number of hydrogen-bond donors (Lipinski definition) is 0. The maximum Gasteiger partial charge on any atom is 0.291 e. The van der Waals surface area contributed by atoms with Gasteiger partial charge in [0, 0.05) is 63.0 Å². The van der Waals surface area contributed by atoms with Crippen LogP contribution in [0.25, 0.3) is 27.5 Å². The minimum atomic E-state index is 0.00620. The van der Waals surface area contributed by atoms with E-state index in [1.165, 1.54) is 0 Å². The SMILES string of the molecule is CN(C)CCCOc1ccc(-c2ccc3ncn4c(c(N5CCN(C)CC5)c(=O)n4C)c3c2)cn1. The molecule has 4 heterocycles.